The smallest absolute Gasteiger partial charge is 0.156 e. The Bertz CT molecular complexity index is 219. The zero-order chi connectivity index (χ0) is 11.5. The zero-order valence-electron chi connectivity index (χ0n) is 10.5. The van der Waals surface area contributed by atoms with E-state index in [-0.39, 0.29) is 6.10 Å². The van der Waals surface area contributed by atoms with Crippen LogP contribution in [0, 0.1) is 0 Å². The van der Waals surface area contributed by atoms with Gasteiger partial charge in [-0.25, -0.2) is 0 Å². The first-order valence-electron chi connectivity index (χ1n) is 6.43. The number of ether oxygens (including phenoxy) is 1. The van der Waals surface area contributed by atoms with Crippen LogP contribution >= 0.6 is 0 Å². The fourth-order valence-electron chi connectivity index (χ4n) is 2.70. The van der Waals surface area contributed by atoms with Crippen molar-refractivity contribution in [1.29, 1.82) is 0 Å². The van der Waals surface area contributed by atoms with E-state index in [0.717, 1.165) is 45.7 Å². The molecule has 1 saturated carbocycles. The third-order valence-corrected chi connectivity index (χ3v) is 3.99. The summed E-state index contributed by atoms with van der Waals surface area (Å²) in [6.07, 6.45) is 2.30. The van der Waals surface area contributed by atoms with E-state index in [2.05, 4.69) is 23.8 Å². The second-order valence-corrected chi connectivity index (χ2v) is 5.12. The molecule has 0 spiro atoms. The molecular formula is C12H25N2O2+. The summed E-state index contributed by atoms with van der Waals surface area (Å²) in [6, 6.07) is 1.19. The lowest BCUT2D eigenvalue weighted by atomic mass is 9.88. The summed E-state index contributed by atoms with van der Waals surface area (Å²) in [5.41, 5.74) is 0. The Balaban J connectivity index is 1.78. The van der Waals surface area contributed by atoms with Gasteiger partial charge in [0.15, 0.2) is 6.10 Å². The first-order chi connectivity index (χ1) is 7.70. The van der Waals surface area contributed by atoms with Crippen LogP contribution in [0.3, 0.4) is 0 Å². The van der Waals surface area contributed by atoms with E-state index in [1.165, 1.54) is 0 Å². The van der Waals surface area contributed by atoms with Crippen molar-refractivity contribution in [2.45, 2.75) is 38.0 Å². The maximum Gasteiger partial charge on any atom is 0.156 e. The van der Waals surface area contributed by atoms with Crippen LogP contribution in [-0.4, -0.2) is 73.0 Å². The van der Waals surface area contributed by atoms with Crippen molar-refractivity contribution in [3.63, 3.8) is 0 Å². The number of morpholine rings is 1. The van der Waals surface area contributed by atoms with Gasteiger partial charge in [-0.3, -0.25) is 4.90 Å². The van der Waals surface area contributed by atoms with E-state index in [4.69, 9.17) is 9.84 Å². The molecule has 2 N–H and O–H groups in total. The topological polar surface area (TPSA) is 38.6 Å². The summed E-state index contributed by atoms with van der Waals surface area (Å²) in [5.74, 6) is 0. The highest BCUT2D eigenvalue weighted by Gasteiger charge is 2.35. The molecule has 16 heavy (non-hydrogen) atoms. The highest BCUT2D eigenvalue weighted by Crippen LogP contribution is 2.25. The van der Waals surface area contributed by atoms with Gasteiger partial charge in [-0.05, 0) is 13.6 Å². The van der Waals surface area contributed by atoms with E-state index < -0.39 is 0 Å². The lowest BCUT2D eigenvalue weighted by molar-refractivity contribution is -0.0384. The molecule has 2 rings (SSSR count). The van der Waals surface area contributed by atoms with Crippen LogP contribution in [0.15, 0.2) is 0 Å². The van der Waals surface area contributed by atoms with Gasteiger partial charge < -0.3 is 14.7 Å². The monoisotopic (exact) mass is 229 g/mol. The van der Waals surface area contributed by atoms with Crippen molar-refractivity contribution in [3.05, 3.63) is 0 Å². The van der Waals surface area contributed by atoms with Crippen molar-refractivity contribution < 1.29 is 9.84 Å². The molecule has 1 aliphatic heterocycles. The van der Waals surface area contributed by atoms with Crippen LogP contribution in [0.4, 0.5) is 0 Å². The third kappa shape index (κ3) is 2.74. The van der Waals surface area contributed by atoms with Crippen LogP contribution in [0.1, 0.15) is 19.8 Å². The molecule has 1 unspecified atom stereocenters. The first-order valence-corrected chi connectivity index (χ1v) is 6.43. The van der Waals surface area contributed by atoms with Crippen molar-refractivity contribution in [1.82, 2.24) is 9.80 Å². The number of nitrogens with zero attached hydrogens (tertiary/aromatic N) is 2. The third-order valence-electron chi connectivity index (χ3n) is 3.99. The first kappa shape index (κ1) is 12.3. The van der Waals surface area contributed by atoms with E-state index >= 15 is 0 Å². The van der Waals surface area contributed by atoms with Crippen molar-refractivity contribution in [2.75, 3.05) is 39.9 Å². The van der Waals surface area contributed by atoms with E-state index in [0.29, 0.717) is 12.1 Å². The minimum atomic E-state index is 0.192. The van der Waals surface area contributed by atoms with E-state index in [1.807, 2.05) is 0 Å². The van der Waals surface area contributed by atoms with Crippen LogP contribution in [0.2, 0.25) is 0 Å². The Kier molecular flexibility index (Phi) is 4.19. The summed E-state index contributed by atoms with van der Waals surface area (Å²) in [7, 11) is 2.19. The van der Waals surface area contributed by atoms with Gasteiger partial charge in [-0.2, -0.15) is 0 Å². The maximum absolute atomic E-state index is 7.57. The highest BCUT2D eigenvalue weighted by atomic mass is 16.5. The predicted octanol–water partition coefficient (Wildman–Crippen LogP) is -0.105. The Hall–Kier alpha value is -0.160. The van der Waals surface area contributed by atoms with Gasteiger partial charge in [0.1, 0.15) is 0 Å². The van der Waals surface area contributed by atoms with E-state index in [1.54, 1.807) is 0 Å². The lowest BCUT2D eigenvalue weighted by Crippen LogP contribution is -2.54. The standard InChI is InChI=1S/C12H24N2O2/c1-3-14-4-5-16-9-11(14)8-13(2)10-6-12(15)7-10/h10-12,15H,3-9H2,1-2H3/p+1. The van der Waals surface area contributed by atoms with Crippen LogP contribution in [-0.2, 0) is 4.74 Å². The average Bonchev–Trinajstić information content (AvgIpc) is 2.25. The number of rotatable bonds is 4. The Morgan fingerprint density at radius 2 is 2.19 bits per heavy atom. The van der Waals surface area contributed by atoms with Crippen molar-refractivity contribution >= 4 is 0 Å². The molecule has 2 fully saturated rings. The lowest BCUT2D eigenvalue weighted by Gasteiger charge is -2.41. The molecule has 0 aromatic rings. The fourth-order valence-corrected chi connectivity index (χ4v) is 2.70. The molecular weight excluding hydrogens is 204 g/mol. The van der Waals surface area contributed by atoms with Crippen molar-refractivity contribution in [2.24, 2.45) is 0 Å². The number of likely N-dealkylation sites (N-methyl/N-ethyl adjacent to an activating group) is 2. The molecule has 1 heterocycles. The molecule has 0 bridgehead atoms. The molecule has 1 saturated heterocycles. The molecule has 1 aliphatic carbocycles. The van der Waals surface area contributed by atoms with E-state index in [9.17, 15) is 0 Å². The molecule has 4 nitrogen and oxygen atoms in total. The Morgan fingerprint density at radius 3 is 2.81 bits per heavy atom. The van der Waals surface area contributed by atoms with Gasteiger partial charge in [0.05, 0.1) is 13.2 Å². The zero-order valence-corrected chi connectivity index (χ0v) is 10.5. The minimum Gasteiger partial charge on any atom is -0.443 e. The van der Waals surface area contributed by atoms with Gasteiger partial charge >= 0.3 is 0 Å². The Labute approximate surface area is 98.2 Å². The molecule has 0 radical (unpaired) electrons. The summed E-state index contributed by atoms with van der Waals surface area (Å²) >= 11 is 0. The summed E-state index contributed by atoms with van der Waals surface area (Å²) in [6.45, 7) is 7.25. The molecule has 2 aliphatic rings. The summed E-state index contributed by atoms with van der Waals surface area (Å²) < 4.78 is 5.56. The SMILES string of the molecule is CCN1CCOCC1CN(C)C1CC([OH2+])C1. The van der Waals surface area contributed by atoms with Gasteiger partial charge in [0, 0.05) is 38.0 Å². The molecule has 4 heteroatoms. The molecule has 1 atom stereocenters. The molecule has 0 aromatic carbocycles. The predicted molar refractivity (Wildman–Crippen MR) is 64.9 cm³/mol. The average molecular weight is 229 g/mol. The maximum atomic E-state index is 7.57. The quantitative estimate of drug-likeness (QED) is 0.632. The second kappa shape index (κ2) is 5.45. The largest absolute Gasteiger partial charge is 0.443 e. The Morgan fingerprint density at radius 1 is 1.44 bits per heavy atom. The number of hydrogen-bond acceptors (Lipinski definition) is 3. The normalized spacial score (nSPS) is 36.4. The van der Waals surface area contributed by atoms with Crippen molar-refractivity contribution in [3.8, 4) is 0 Å². The molecule has 0 aromatic heterocycles. The summed E-state index contributed by atoms with van der Waals surface area (Å²) in [5, 5.41) is 7.57. The molecule has 0 amide bonds. The minimum absolute atomic E-state index is 0.192. The van der Waals surface area contributed by atoms with Gasteiger partial charge in [0.2, 0.25) is 0 Å². The van der Waals surface area contributed by atoms with Crippen LogP contribution in [0.25, 0.3) is 0 Å². The fraction of sp³-hybridized carbons (Fsp3) is 1.00. The van der Waals surface area contributed by atoms with Crippen LogP contribution < -0.4 is 0 Å². The second-order valence-electron chi connectivity index (χ2n) is 5.12. The highest BCUT2D eigenvalue weighted by molar-refractivity contribution is 4.88. The van der Waals surface area contributed by atoms with Gasteiger partial charge in [-0.1, -0.05) is 6.92 Å². The van der Waals surface area contributed by atoms with Gasteiger partial charge in [-0.15, -0.1) is 0 Å². The number of hydrogen-bond donors (Lipinski definition) is 0. The molecule has 94 valence electrons. The summed E-state index contributed by atoms with van der Waals surface area (Å²) in [4.78, 5) is 4.93. The van der Waals surface area contributed by atoms with Crippen LogP contribution in [0.5, 0.6) is 0 Å². The van der Waals surface area contributed by atoms with Gasteiger partial charge in [0.25, 0.3) is 0 Å².